The van der Waals surface area contributed by atoms with Gasteiger partial charge < -0.3 is 14.5 Å². The summed E-state index contributed by atoms with van der Waals surface area (Å²) in [6.45, 7) is 2.05. The van der Waals surface area contributed by atoms with Gasteiger partial charge in [0.05, 0.1) is 12.5 Å². The molecule has 1 aliphatic rings. The van der Waals surface area contributed by atoms with Crippen LogP contribution in [0.3, 0.4) is 0 Å². The van der Waals surface area contributed by atoms with E-state index >= 15 is 4.39 Å². The van der Waals surface area contributed by atoms with Crippen LogP contribution in [0.4, 0.5) is 10.2 Å². The van der Waals surface area contributed by atoms with Crippen molar-refractivity contribution in [2.75, 3.05) is 38.7 Å². The molecule has 0 unspecified atom stereocenters. The highest BCUT2D eigenvalue weighted by Crippen LogP contribution is 2.37. The van der Waals surface area contributed by atoms with Crippen molar-refractivity contribution in [2.45, 2.75) is 0 Å². The van der Waals surface area contributed by atoms with Crippen molar-refractivity contribution in [3.63, 3.8) is 0 Å². The molecule has 7 nitrogen and oxygen atoms in total. The van der Waals surface area contributed by atoms with Gasteiger partial charge in [0, 0.05) is 54.8 Å². The van der Waals surface area contributed by atoms with E-state index < -0.39 is 5.82 Å². The standard InChI is InChI=1S/C24H20ClFN6O/c1-31(10-14-11-32(12-14)13-27)23-17-9-28-21(20(26)22(17)29-24(30-23)33-2)16-7-3-5-15-6-4-8-18(25)19(15)16/h3-9,14H,10-12H2,1-2H3. The first-order valence-corrected chi connectivity index (χ1v) is 10.8. The smallest absolute Gasteiger partial charge is 0.318 e. The fourth-order valence-electron chi connectivity index (χ4n) is 4.33. The van der Waals surface area contributed by atoms with E-state index in [-0.39, 0.29) is 17.2 Å². The summed E-state index contributed by atoms with van der Waals surface area (Å²) in [7, 11) is 3.33. The molecule has 166 valence electrons. The van der Waals surface area contributed by atoms with Crippen LogP contribution in [0.5, 0.6) is 6.01 Å². The molecule has 1 fully saturated rings. The number of rotatable bonds is 5. The summed E-state index contributed by atoms with van der Waals surface area (Å²) in [5, 5.41) is 11.6. The van der Waals surface area contributed by atoms with Crippen molar-refractivity contribution in [2.24, 2.45) is 5.92 Å². The first-order chi connectivity index (χ1) is 16.0. The zero-order valence-electron chi connectivity index (χ0n) is 18.1. The summed E-state index contributed by atoms with van der Waals surface area (Å²) in [6, 6.07) is 11.2. The maximum absolute atomic E-state index is 15.9. The van der Waals surface area contributed by atoms with E-state index in [0.29, 0.717) is 47.3 Å². The highest BCUT2D eigenvalue weighted by atomic mass is 35.5. The Morgan fingerprint density at radius 2 is 2.00 bits per heavy atom. The topological polar surface area (TPSA) is 78.2 Å². The summed E-state index contributed by atoms with van der Waals surface area (Å²) in [4.78, 5) is 16.9. The van der Waals surface area contributed by atoms with Gasteiger partial charge in [0.2, 0.25) is 0 Å². The largest absolute Gasteiger partial charge is 0.467 e. The van der Waals surface area contributed by atoms with Gasteiger partial charge in [-0.3, -0.25) is 4.98 Å². The Morgan fingerprint density at radius 3 is 2.73 bits per heavy atom. The number of fused-ring (bicyclic) bond motifs is 2. The fraction of sp³-hybridized carbons (Fsp3) is 0.250. The molecular weight excluding hydrogens is 443 g/mol. The number of hydrogen-bond donors (Lipinski definition) is 0. The van der Waals surface area contributed by atoms with Crippen LogP contribution in [0.15, 0.2) is 42.6 Å². The highest BCUT2D eigenvalue weighted by Gasteiger charge is 2.28. The monoisotopic (exact) mass is 462 g/mol. The third-order valence-corrected chi connectivity index (χ3v) is 6.24. The number of pyridine rings is 1. The van der Waals surface area contributed by atoms with Gasteiger partial charge in [-0.15, -0.1) is 0 Å². The van der Waals surface area contributed by atoms with E-state index in [1.54, 1.807) is 23.2 Å². The van der Waals surface area contributed by atoms with Crippen molar-refractivity contribution in [3.05, 3.63) is 53.4 Å². The summed E-state index contributed by atoms with van der Waals surface area (Å²) >= 11 is 6.46. The van der Waals surface area contributed by atoms with Gasteiger partial charge in [-0.25, -0.2) is 4.39 Å². The third kappa shape index (κ3) is 3.64. The minimum absolute atomic E-state index is 0.0728. The first kappa shape index (κ1) is 21.2. The zero-order valence-corrected chi connectivity index (χ0v) is 18.8. The number of nitriles is 1. The highest BCUT2D eigenvalue weighted by molar-refractivity contribution is 6.36. The normalized spacial score (nSPS) is 13.7. The molecule has 2 aromatic heterocycles. The molecule has 0 saturated carbocycles. The summed E-state index contributed by atoms with van der Waals surface area (Å²) in [5.41, 5.74) is 0.889. The number of ether oxygens (including phenoxy) is 1. The molecule has 33 heavy (non-hydrogen) atoms. The Kier molecular flexibility index (Phi) is 5.35. The van der Waals surface area contributed by atoms with Crippen LogP contribution < -0.4 is 9.64 Å². The average Bonchev–Trinajstić information content (AvgIpc) is 2.80. The number of anilines is 1. The Bertz CT molecular complexity index is 1410. The molecule has 1 saturated heterocycles. The van der Waals surface area contributed by atoms with Crippen molar-refractivity contribution < 1.29 is 9.13 Å². The Morgan fingerprint density at radius 1 is 1.24 bits per heavy atom. The van der Waals surface area contributed by atoms with Crippen molar-refractivity contribution in [1.29, 1.82) is 5.26 Å². The van der Waals surface area contributed by atoms with Gasteiger partial charge in [0.15, 0.2) is 12.0 Å². The zero-order chi connectivity index (χ0) is 23.1. The maximum atomic E-state index is 15.9. The predicted octanol–water partition coefficient (Wildman–Crippen LogP) is 4.50. The second-order valence-electron chi connectivity index (χ2n) is 8.11. The van der Waals surface area contributed by atoms with Gasteiger partial charge in [0.25, 0.3) is 0 Å². The van der Waals surface area contributed by atoms with E-state index in [1.165, 1.54) is 7.11 Å². The van der Waals surface area contributed by atoms with E-state index in [9.17, 15) is 0 Å². The number of nitrogens with zero attached hydrogens (tertiary/aromatic N) is 6. The molecule has 0 amide bonds. The van der Waals surface area contributed by atoms with Crippen molar-refractivity contribution in [3.8, 4) is 23.5 Å². The van der Waals surface area contributed by atoms with E-state index in [4.69, 9.17) is 21.6 Å². The van der Waals surface area contributed by atoms with Gasteiger partial charge in [0.1, 0.15) is 17.0 Å². The summed E-state index contributed by atoms with van der Waals surface area (Å²) in [6.07, 6.45) is 3.73. The molecule has 4 aromatic rings. The lowest BCUT2D eigenvalue weighted by atomic mass is 10.00. The number of benzene rings is 2. The van der Waals surface area contributed by atoms with Gasteiger partial charge in [-0.05, 0) is 11.5 Å². The Hall–Kier alpha value is -3.70. The van der Waals surface area contributed by atoms with Gasteiger partial charge in [-0.2, -0.15) is 15.2 Å². The molecule has 0 N–H and O–H groups in total. The molecule has 5 rings (SSSR count). The molecule has 0 atom stereocenters. The molecule has 3 heterocycles. The molecule has 1 aliphatic heterocycles. The minimum atomic E-state index is -0.561. The number of aromatic nitrogens is 3. The first-order valence-electron chi connectivity index (χ1n) is 10.4. The lowest BCUT2D eigenvalue weighted by Gasteiger charge is -2.37. The molecule has 2 aromatic carbocycles. The van der Waals surface area contributed by atoms with E-state index in [0.717, 1.165) is 10.8 Å². The number of hydrogen-bond acceptors (Lipinski definition) is 7. The number of methoxy groups -OCH3 is 1. The predicted molar refractivity (Wildman–Crippen MR) is 126 cm³/mol. The van der Waals surface area contributed by atoms with Crippen LogP contribution in [0.2, 0.25) is 5.02 Å². The molecule has 0 radical (unpaired) electrons. The SMILES string of the molecule is COc1nc(N(C)CC2CN(C#N)C2)c2cnc(-c3cccc4cccc(Cl)c34)c(F)c2n1. The van der Waals surface area contributed by atoms with Crippen molar-refractivity contribution in [1.82, 2.24) is 19.9 Å². The number of halogens is 2. The van der Waals surface area contributed by atoms with Crippen LogP contribution in [-0.2, 0) is 0 Å². The molecule has 0 aliphatic carbocycles. The molecule has 9 heteroatoms. The fourth-order valence-corrected chi connectivity index (χ4v) is 4.61. The Balaban J connectivity index is 1.63. The van der Waals surface area contributed by atoms with Crippen LogP contribution in [0.1, 0.15) is 0 Å². The van der Waals surface area contributed by atoms with E-state index in [2.05, 4.69) is 21.1 Å². The van der Waals surface area contributed by atoms with Gasteiger partial charge in [-0.1, -0.05) is 41.9 Å². The summed E-state index contributed by atoms with van der Waals surface area (Å²) < 4.78 is 21.2. The van der Waals surface area contributed by atoms with Gasteiger partial charge >= 0.3 is 6.01 Å². The average molecular weight is 463 g/mol. The second-order valence-corrected chi connectivity index (χ2v) is 8.52. The van der Waals surface area contributed by atoms with Crippen molar-refractivity contribution >= 4 is 39.1 Å². The van der Waals surface area contributed by atoms with Crippen LogP contribution >= 0.6 is 11.6 Å². The molecular formula is C24H20ClFN6O. The lowest BCUT2D eigenvalue weighted by Crippen LogP contribution is -2.48. The van der Waals surface area contributed by atoms with Crippen LogP contribution in [0, 0.1) is 23.2 Å². The maximum Gasteiger partial charge on any atom is 0.318 e. The van der Waals surface area contributed by atoms with Crippen LogP contribution in [-0.4, -0.2) is 53.6 Å². The minimum Gasteiger partial charge on any atom is -0.467 e. The summed E-state index contributed by atoms with van der Waals surface area (Å²) in [5.74, 6) is 0.288. The Labute approximate surface area is 195 Å². The lowest BCUT2D eigenvalue weighted by molar-refractivity contribution is 0.176. The van der Waals surface area contributed by atoms with Crippen LogP contribution in [0.25, 0.3) is 32.9 Å². The quantitative estimate of drug-likeness (QED) is 0.404. The molecule has 0 bridgehead atoms. The van der Waals surface area contributed by atoms with E-state index in [1.807, 2.05) is 36.2 Å². The second kappa shape index (κ2) is 8.34. The third-order valence-electron chi connectivity index (χ3n) is 5.93. The molecule has 0 spiro atoms. The number of likely N-dealkylation sites (tertiary alicyclic amines) is 1.